The Morgan fingerprint density at radius 2 is 1.95 bits per heavy atom. The van der Waals surface area contributed by atoms with Crippen LogP contribution in [-0.4, -0.2) is 17.0 Å². The highest BCUT2D eigenvalue weighted by atomic mass is 16.3. The lowest BCUT2D eigenvalue weighted by Gasteiger charge is -2.54. The zero-order chi connectivity index (χ0) is 14.8. The molecule has 0 saturated heterocycles. The summed E-state index contributed by atoms with van der Waals surface area (Å²) in [6.45, 7) is 4.57. The topological polar surface area (TPSA) is 37.3 Å². The Balaban J connectivity index is 1.77. The molecule has 4 rings (SSSR count). The minimum atomic E-state index is -0.134. The number of carbonyl (C=O) groups is 1. The number of aliphatic hydroxyl groups excluding tert-OH is 1. The van der Waals surface area contributed by atoms with Crippen LogP contribution in [0.1, 0.15) is 39.5 Å². The van der Waals surface area contributed by atoms with Crippen LogP contribution in [0.15, 0.2) is 36.0 Å². The van der Waals surface area contributed by atoms with Crippen molar-refractivity contribution in [2.45, 2.75) is 45.6 Å². The van der Waals surface area contributed by atoms with Crippen molar-refractivity contribution in [3.05, 3.63) is 36.0 Å². The highest BCUT2D eigenvalue weighted by Crippen LogP contribution is 2.62. The number of hydrogen-bond acceptors (Lipinski definition) is 2. The lowest BCUT2D eigenvalue weighted by molar-refractivity contribution is -0.110. The molecule has 6 atom stereocenters. The van der Waals surface area contributed by atoms with Gasteiger partial charge in [-0.2, -0.15) is 0 Å². The van der Waals surface area contributed by atoms with Gasteiger partial charge in [0, 0.05) is 5.41 Å². The third-order valence-electron chi connectivity index (χ3n) is 7.06. The first-order valence-corrected chi connectivity index (χ1v) is 8.27. The summed E-state index contributed by atoms with van der Waals surface area (Å²) in [7, 11) is 0. The molecule has 2 saturated carbocycles. The van der Waals surface area contributed by atoms with Crippen LogP contribution in [0.3, 0.4) is 0 Å². The Morgan fingerprint density at radius 1 is 1.14 bits per heavy atom. The predicted molar refractivity (Wildman–Crippen MR) is 82.5 cm³/mol. The van der Waals surface area contributed by atoms with Gasteiger partial charge in [0.25, 0.3) is 0 Å². The van der Waals surface area contributed by atoms with Gasteiger partial charge < -0.3 is 5.11 Å². The van der Waals surface area contributed by atoms with Gasteiger partial charge in [-0.3, -0.25) is 4.79 Å². The average Bonchev–Trinajstić information content (AvgIpc) is 2.76. The fraction of sp³-hybridized carbons (Fsp3) is 0.632. The summed E-state index contributed by atoms with van der Waals surface area (Å²) in [6, 6.07) is 0. The molecule has 0 aromatic heterocycles. The number of rotatable bonds is 0. The summed E-state index contributed by atoms with van der Waals surface area (Å²) >= 11 is 0. The molecule has 0 aromatic carbocycles. The van der Waals surface area contributed by atoms with Crippen LogP contribution in [0.4, 0.5) is 0 Å². The highest BCUT2D eigenvalue weighted by molar-refractivity contribution is 6.01. The molecule has 0 heterocycles. The van der Waals surface area contributed by atoms with Crippen LogP contribution < -0.4 is 0 Å². The molecule has 0 aromatic rings. The Labute approximate surface area is 126 Å². The predicted octanol–water partition coefficient (Wildman–Crippen LogP) is 3.43. The van der Waals surface area contributed by atoms with E-state index < -0.39 is 0 Å². The Morgan fingerprint density at radius 3 is 2.76 bits per heavy atom. The van der Waals surface area contributed by atoms with E-state index in [-0.39, 0.29) is 22.7 Å². The zero-order valence-corrected chi connectivity index (χ0v) is 12.9. The van der Waals surface area contributed by atoms with Gasteiger partial charge in [0.05, 0.1) is 6.10 Å². The molecule has 1 N–H and O–H groups in total. The second kappa shape index (κ2) is 4.19. The summed E-state index contributed by atoms with van der Waals surface area (Å²) < 4.78 is 0. The maximum absolute atomic E-state index is 11.7. The number of carbonyl (C=O) groups excluding carboxylic acids is 1. The second-order valence-electron chi connectivity index (χ2n) is 7.91. The lowest BCUT2D eigenvalue weighted by atomic mass is 9.50. The minimum Gasteiger partial charge on any atom is -0.393 e. The average molecular weight is 284 g/mol. The Hall–Kier alpha value is -1.15. The molecule has 112 valence electrons. The number of aliphatic hydroxyl groups is 1. The van der Waals surface area contributed by atoms with Gasteiger partial charge in [-0.15, -0.1) is 0 Å². The van der Waals surface area contributed by atoms with Crippen molar-refractivity contribution in [1.29, 1.82) is 0 Å². The third kappa shape index (κ3) is 1.66. The molecule has 0 aliphatic heterocycles. The van der Waals surface area contributed by atoms with Gasteiger partial charge in [0.1, 0.15) is 0 Å². The fourth-order valence-corrected chi connectivity index (χ4v) is 5.62. The van der Waals surface area contributed by atoms with Crippen LogP contribution in [0, 0.1) is 28.6 Å². The van der Waals surface area contributed by atoms with Crippen molar-refractivity contribution in [2.75, 3.05) is 0 Å². The van der Waals surface area contributed by atoms with Gasteiger partial charge in [-0.1, -0.05) is 32.1 Å². The molecule has 0 bridgehead atoms. The molecule has 21 heavy (non-hydrogen) atoms. The molecule has 1 unspecified atom stereocenters. The van der Waals surface area contributed by atoms with Crippen LogP contribution >= 0.6 is 0 Å². The number of fused-ring (bicyclic) bond motifs is 5. The summed E-state index contributed by atoms with van der Waals surface area (Å²) in [4.78, 5) is 11.7. The zero-order valence-electron chi connectivity index (χ0n) is 12.9. The van der Waals surface area contributed by atoms with Crippen LogP contribution in [-0.2, 0) is 4.79 Å². The van der Waals surface area contributed by atoms with E-state index in [2.05, 4.69) is 32.1 Å². The largest absolute Gasteiger partial charge is 0.393 e. The standard InChI is InChI=1S/C19H24O2/c1-18-9-7-13(20)11-12(18)3-4-14-15-5-6-17(21)19(15,2)10-8-16(14)18/h3-4,7,9,11,14-17,21H,5-6,8,10H2,1-2H3/t14-,15-,16+,17?,18-,19-/m0/s1. The van der Waals surface area contributed by atoms with Crippen molar-refractivity contribution in [1.82, 2.24) is 0 Å². The van der Waals surface area contributed by atoms with Gasteiger partial charge in [0.2, 0.25) is 0 Å². The first kappa shape index (κ1) is 13.5. The van der Waals surface area contributed by atoms with Crippen LogP contribution in [0.25, 0.3) is 0 Å². The molecule has 0 amide bonds. The van der Waals surface area contributed by atoms with E-state index in [1.54, 1.807) is 6.08 Å². The van der Waals surface area contributed by atoms with Crippen LogP contribution in [0.5, 0.6) is 0 Å². The summed E-state index contributed by atoms with van der Waals surface area (Å²) in [5.74, 6) is 1.82. The van der Waals surface area contributed by atoms with Gasteiger partial charge in [0.15, 0.2) is 5.78 Å². The van der Waals surface area contributed by atoms with Crippen LogP contribution in [0.2, 0.25) is 0 Å². The summed E-state index contributed by atoms with van der Waals surface area (Å²) in [5.41, 5.74) is 1.28. The van der Waals surface area contributed by atoms with Crippen molar-refractivity contribution in [2.24, 2.45) is 28.6 Å². The van der Waals surface area contributed by atoms with E-state index in [1.807, 2.05) is 6.08 Å². The normalized spacial score (nSPS) is 51.2. The van der Waals surface area contributed by atoms with E-state index in [1.165, 1.54) is 5.57 Å². The monoisotopic (exact) mass is 284 g/mol. The molecular formula is C19H24O2. The molecular weight excluding hydrogens is 260 g/mol. The van der Waals surface area contributed by atoms with Gasteiger partial charge >= 0.3 is 0 Å². The second-order valence-corrected chi connectivity index (χ2v) is 7.91. The molecule has 4 aliphatic rings. The lowest BCUT2D eigenvalue weighted by Crippen LogP contribution is -2.48. The Bertz CT molecular complexity index is 584. The van der Waals surface area contributed by atoms with E-state index >= 15 is 0 Å². The fourth-order valence-electron chi connectivity index (χ4n) is 5.62. The smallest absolute Gasteiger partial charge is 0.178 e. The van der Waals surface area contributed by atoms with E-state index in [9.17, 15) is 9.90 Å². The minimum absolute atomic E-state index is 0.00218. The van der Waals surface area contributed by atoms with Gasteiger partial charge in [-0.05, 0) is 66.6 Å². The number of allylic oxidation sites excluding steroid dienone is 6. The molecule has 2 fully saturated rings. The third-order valence-corrected chi connectivity index (χ3v) is 7.06. The number of hydrogen-bond donors (Lipinski definition) is 1. The van der Waals surface area contributed by atoms with E-state index in [0.717, 1.165) is 25.7 Å². The number of ketones is 1. The Kier molecular flexibility index (Phi) is 2.70. The summed E-state index contributed by atoms with van der Waals surface area (Å²) in [6.07, 6.45) is 14.4. The SMILES string of the molecule is C[C@]12C=CC(=O)C=C1C=C[C@@H]1[C@H]2CC[C@]2(C)C(O)CC[C@@H]12. The van der Waals surface area contributed by atoms with E-state index in [0.29, 0.717) is 17.8 Å². The van der Waals surface area contributed by atoms with E-state index in [4.69, 9.17) is 0 Å². The van der Waals surface area contributed by atoms with Crippen molar-refractivity contribution < 1.29 is 9.90 Å². The van der Waals surface area contributed by atoms with Gasteiger partial charge in [-0.25, -0.2) is 0 Å². The van der Waals surface area contributed by atoms with Crippen molar-refractivity contribution in [3.63, 3.8) is 0 Å². The maximum atomic E-state index is 11.7. The summed E-state index contributed by atoms with van der Waals surface area (Å²) in [5, 5.41) is 10.4. The molecule has 0 radical (unpaired) electrons. The quantitative estimate of drug-likeness (QED) is 0.740. The first-order chi connectivity index (χ1) is 9.95. The van der Waals surface area contributed by atoms with Crippen molar-refractivity contribution >= 4 is 5.78 Å². The molecule has 2 heteroatoms. The highest BCUT2D eigenvalue weighted by Gasteiger charge is 2.57. The maximum Gasteiger partial charge on any atom is 0.178 e. The van der Waals surface area contributed by atoms with Crippen molar-refractivity contribution in [3.8, 4) is 0 Å². The molecule has 0 spiro atoms. The molecule has 4 aliphatic carbocycles. The molecule has 2 nitrogen and oxygen atoms in total. The first-order valence-electron chi connectivity index (χ1n) is 8.27.